The lowest BCUT2D eigenvalue weighted by molar-refractivity contribution is 0.0264. The van der Waals surface area contributed by atoms with Crippen LogP contribution in [0.2, 0.25) is 0 Å². The molecule has 2 unspecified atom stereocenters. The number of hydrogen-bond donors (Lipinski definition) is 2. The van der Waals surface area contributed by atoms with Gasteiger partial charge in [0.1, 0.15) is 0 Å². The molecule has 1 aliphatic carbocycles. The molecule has 0 saturated heterocycles. The Labute approximate surface area is 112 Å². The molecule has 2 rings (SSSR count). The highest BCUT2D eigenvalue weighted by atomic mass is 16.3. The standard InChI is InChI=1S/C12H21N5O2/c1-16(10-4-2-3-5-11(10)18)12(19)9-8-17(7-6-13)15-14-9/h8,10-11,18H,2-7,13H2,1H3. The molecule has 1 aromatic rings. The van der Waals surface area contributed by atoms with Crippen LogP contribution in [0.1, 0.15) is 36.2 Å². The van der Waals surface area contributed by atoms with E-state index in [1.165, 1.54) is 0 Å². The maximum absolute atomic E-state index is 12.3. The first-order chi connectivity index (χ1) is 9.13. The Balaban J connectivity index is 2.04. The van der Waals surface area contributed by atoms with Gasteiger partial charge in [0.2, 0.25) is 0 Å². The summed E-state index contributed by atoms with van der Waals surface area (Å²) in [5.41, 5.74) is 5.72. The van der Waals surface area contributed by atoms with Crippen LogP contribution in [0.15, 0.2) is 6.20 Å². The van der Waals surface area contributed by atoms with Gasteiger partial charge in [0.25, 0.3) is 5.91 Å². The molecule has 106 valence electrons. The zero-order valence-corrected chi connectivity index (χ0v) is 11.2. The van der Waals surface area contributed by atoms with Crippen molar-refractivity contribution in [3.05, 3.63) is 11.9 Å². The Morgan fingerprint density at radius 3 is 3.00 bits per heavy atom. The van der Waals surface area contributed by atoms with Crippen molar-refractivity contribution in [2.75, 3.05) is 13.6 Å². The highest BCUT2D eigenvalue weighted by molar-refractivity contribution is 5.92. The third kappa shape index (κ3) is 3.10. The van der Waals surface area contributed by atoms with Gasteiger partial charge >= 0.3 is 0 Å². The van der Waals surface area contributed by atoms with Crippen LogP contribution in [0.3, 0.4) is 0 Å². The van der Waals surface area contributed by atoms with Crippen molar-refractivity contribution in [3.63, 3.8) is 0 Å². The van der Waals surface area contributed by atoms with E-state index in [9.17, 15) is 9.90 Å². The molecule has 3 N–H and O–H groups in total. The third-order valence-corrected chi connectivity index (χ3v) is 3.63. The first-order valence-corrected chi connectivity index (χ1v) is 6.69. The summed E-state index contributed by atoms with van der Waals surface area (Å²) in [6.07, 6.45) is 4.80. The lowest BCUT2D eigenvalue weighted by atomic mass is 9.91. The lowest BCUT2D eigenvalue weighted by Gasteiger charge is -2.34. The van der Waals surface area contributed by atoms with Gasteiger partial charge in [0, 0.05) is 13.6 Å². The number of nitrogens with two attached hydrogens (primary N) is 1. The number of aromatic nitrogens is 3. The largest absolute Gasteiger partial charge is 0.391 e. The zero-order valence-electron chi connectivity index (χ0n) is 11.2. The molecule has 1 amide bonds. The van der Waals surface area contributed by atoms with Gasteiger partial charge in [-0.3, -0.25) is 9.48 Å². The predicted molar refractivity (Wildman–Crippen MR) is 69.4 cm³/mol. The minimum absolute atomic E-state index is 0.124. The molecule has 0 aromatic carbocycles. The summed E-state index contributed by atoms with van der Waals surface area (Å²) in [5.74, 6) is -0.200. The number of aliphatic hydroxyl groups excluding tert-OH is 1. The van der Waals surface area contributed by atoms with Gasteiger partial charge in [-0.25, -0.2) is 0 Å². The summed E-state index contributed by atoms with van der Waals surface area (Å²) in [6.45, 7) is 0.990. The molecule has 1 heterocycles. The highest BCUT2D eigenvalue weighted by Crippen LogP contribution is 2.23. The quantitative estimate of drug-likeness (QED) is 0.774. The number of aliphatic hydroxyl groups is 1. The van der Waals surface area contributed by atoms with Crippen molar-refractivity contribution in [3.8, 4) is 0 Å². The molecule has 1 fully saturated rings. The van der Waals surface area contributed by atoms with Gasteiger partial charge in [-0.2, -0.15) is 0 Å². The van der Waals surface area contributed by atoms with E-state index in [-0.39, 0.29) is 11.9 Å². The van der Waals surface area contributed by atoms with Crippen LogP contribution in [0.5, 0.6) is 0 Å². The van der Waals surface area contributed by atoms with Crippen molar-refractivity contribution in [2.24, 2.45) is 5.73 Å². The van der Waals surface area contributed by atoms with Gasteiger partial charge in [-0.1, -0.05) is 18.1 Å². The van der Waals surface area contributed by atoms with Crippen molar-refractivity contribution in [1.82, 2.24) is 19.9 Å². The van der Waals surface area contributed by atoms with Crippen LogP contribution >= 0.6 is 0 Å². The summed E-state index contributed by atoms with van der Waals surface area (Å²) in [5, 5.41) is 17.7. The van der Waals surface area contributed by atoms with E-state index in [4.69, 9.17) is 5.73 Å². The SMILES string of the molecule is CN(C(=O)c1cn(CCN)nn1)C1CCCCC1O. The summed E-state index contributed by atoms with van der Waals surface area (Å²) in [7, 11) is 1.71. The fourth-order valence-electron chi connectivity index (χ4n) is 2.51. The smallest absolute Gasteiger partial charge is 0.276 e. The summed E-state index contributed by atoms with van der Waals surface area (Å²) in [4.78, 5) is 13.9. The average Bonchev–Trinajstić information content (AvgIpc) is 2.87. The van der Waals surface area contributed by atoms with E-state index in [0.717, 1.165) is 25.7 Å². The fourth-order valence-corrected chi connectivity index (χ4v) is 2.51. The Bertz CT molecular complexity index is 434. The molecule has 0 radical (unpaired) electrons. The highest BCUT2D eigenvalue weighted by Gasteiger charge is 2.30. The van der Waals surface area contributed by atoms with Crippen molar-refractivity contribution in [2.45, 2.75) is 44.4 Å². The molecule has 19 heavy (non-hydrogen) atoms. The Morgan fingerprint density at radius 1 is 1.58 bits per heavy atom. The van der Waals surface area contributed by atoms with Crippen molar-refractivity contribution < 1.29 is 9.90 Å². The van der Waals surface area contributed by atoms with E-state index < -0.39 is 6.10 Å². The van der Waals surface area contributed by atoms with Gasteiger partial charge in [0.05, 0.1) is 24.9 Å². The summed E-state index contributed by atoms with van der Waals surface area (Å²) >= 11 is 0. The maximum Gasteiger partial charge on any atom is 0.276 e. The minimum atomic E-state index is -0.443. The second-order valence-corrected chi connectivity index (χ2v) is 4.99. The van der Waals surface area contributed by atoms with Gasteiger partial charge in [-0.15, -0.1) is 5.10 Å². The van der Waals surface area contributed by atoms with Crippen LogP contribution in [0, 0.1) is 0 Å². The first kappa shape index (κ1) is 14.0. The van der Waals surface area contributed by atoms with Gasteiger partial charge in [-0.05, 0) is 12.8 Å². The van der Waals surface area contributed by atoms with E-state index in [0.29, 0.717) is 18.8 Å². The van der Waals surface area contributed by atoms with E-state index >= 15 is 0 Å². The molecule has 0 bridgehead atoms. The Kier molecular flexibility index (Phi) is 4.49. The average molecular weight is 267 g/mol. The summed E-state index contributed by atoms with van der Waals surface area (Å²) < 4.78 is 1.55. The molecule has 1 aliphatic rings. The number of carbonyl (C=O) groups is 1. The molecule has 1 saturated carbocycles. The van der Waals surface area contributed by atoms with Crippen LogP contribution in [-0.2, 0) is 6.54 Å². The van der Waals surface area contributed by atoms with Crippen molar-refractivity contribution in [1.29, 1.82) is 0 Å². The molecule has 2 atom stereocenters. The first-order valence-electron chi connectivity index (χ1n) is 6.69. The summed E-state index contributed by atoms with van der Waals surface area (Å²) in [6, 6.07) is -0.124. The second-order valence-electron chi connectivity index (χ2n) is 4.99. The number of nitrogens with zero attached hydrogens (tertiary/aromatic N) is 4. The van der Waals surface area contributed by atoms with Gasteiger partial charge in [0.15, 0.2) is 5.69 Å². The van der Waals surface area contributed by atoms with Crippen LogP contribution in [0.4, 0.5) is 0 Å². The topological polar surface area (TPSA) is 97.3 Å². The minimum Gasteiger partial charge on any atom is -0.391 e. The Morgan fingerprint density at radius 2 is 2.32 bits per heavy atom. The number of amides is 1. The van der Waals surface area contributed by atoms with Crippen LogP contribution < -0.4 is 5.73 Å². The number of rotatable bonds is 4. The van der Waals surface area contributed by atoms with E-state index in [1.807, 2.05) is 0 Å². The Hall–Kier alpha value is -1.47. The second kappa shape index (κ2) is 6.12. The number of hydrogen-bond acceptors (Lipinski definition) is 5. The molecular weight excluding hydrogens is 246 g/mol. The third-order valence-electron chi connectivity index (χ3n) is 3.63. The molecular formula is C12H21N5O2. The zero-order chi connectivity index (χ0) is 13.8. The monoisotopic (exact) mass is 267 g/mol. The lowest BCUT2D eigenvalue weighted by Crippen LogP contribution is -2.46. The number of carbonyl (C=O) groups excluding carboxylic acids is 1. The molecule has 0 spiro atoms. The fraction of sp³-hybridized carbons (Fsp3) is 0.750. The maximum atomic E-state index is 12.3. The molecule has 7 heteroatoms. The van der Waals surface area contributed by atoms with Crippen LogP contribution in [-0.4, -0.2) is 56.6 Å². The molecule has 7 nitrogen and oxygen atoms in total. The normalized spacial score (nSPS) is 23.3. The molecule has 0 aliphatic heterocycles. The van der Waals surface area contributed by atoms with E-state index in [1.54, 1.807) is 22.8 Å². The number of likely N-dealkylation sites (N-methyl/N-ethyl adjacent to an activating group) is 1. The van der Waals surface area contributed by atoms with Gasteiger partial charge < -0.3 is 15.7 Å². The van der Waals surface area contributed by atoms with Crippen molar-refractivity contribution >= 4 is 5.91 Å². The van der Waals surface area contributed by atoms with E-state index in [2.05, 4.69) is 10.3 Å². The van der Waals surface area contributed by atoms with Crippen LogP contribution in [0.25, 0.3) is 0 Å². The molecule has 1 aromatic heterocycles. The predicted octanol–water partition coefficient (Wildman–Crippen LogP) is -0.388.